The zero-order chi connectivity index (χ0) is 29.6. The molecule has 41 heavy (non-hydrogen) atoms. The minimum atomic E-state index is -4.18. The van der Waals surface area contributed by atoms with E-state index in [1.165, 1.54) is 30.2 Å². The maximum absolute atomic E-state index is 14.1. The highest BCUT2D eigenvalue weighted by molar-refractivity contribution is 7.92. The van der Waals surface area contributed by atoms with Crippen molar-refractivity contribution in [2.24, 2.45) is 0 Å². The Kier molecular flexibility index (Phi) is 9.94. The van der Waals surface area contributed by atoms with Crippen LogP contribution in [0.25, 0.3) is 0 Å². The van der Waals surface area contributed by atoms with Crippen LogP contribution in [0.5, 0.6) is 5.75 Å². The minimum absolute atomic E-state index is 0.0252. The maximum atomic E-state index is 14.1. The molecule has 8 nitrogen and oxygen atoms in total. The minimum Gasteiger partial charge on any atom is -0.495 e. The summed E-state index contributed by atoms with van der Waals surface area (Å²) >= 11 is 6.37. The predicted octanol–water partition coefficient (Wildman–Crippen LogP) is 5.33. The van der Waals surface area contributed by atoms with Crippen molar-refractivity contribution in [1.82, 2.24) is 10.2 Å². The molecule has 3 aromatic carbocycles. The molecule has 0 bridgehead atoms. The van der Waals surface area contributed by atoms with Crippen molar-refractivity contribution < 1.29 is 22.7 Å². The fraction of sp³-hybridized carbons (Fsp3) is 0.355. The number of carbonyl (C=O) groups is 2. The fourth-order valence-electron chi connectivity index (χ4n) is 5.00. The van der Waals surface area contributed by atoms with Crippen LogP contribution in [0, 0.1) is 6.92 Å². The SMILES string of the molecule is COc1ccc(N(CC(=O)N(Cc2ccccc2C)[C@H](C)C(=O)NC2CCCC2)S(=O)(=O)c2ccccc2)cc1Cl. The van der Waals surface area contributed by atoms with Crippen molar-refractivity contribution in [3.05, 3.63) is 88.9 Å². The van der Waals surface area contributed by atoms with E-state index in [0.29, 0.717) is 5.75 Å². The Morgan fingerprint density at radius 3 is 2.32 bits per heavy atom. The van der Waals surface area contributed by atoms with Crippen LogP contribution < -0.4 is 14.4 Å². The Balaban J connectivity index is 1.71. The van der Waals surface area contributed by atoms with Crippen molar-refractivity contribution >= 4 is 39.1 Å². The number of halogens is 1. The number of hydrogen-bond donors (Lipinski definition) is 1. The van der Waals surface area contributed by atoms with Gasteiger partial charge in [0.15, 0.2) is 0 Å². The second kappa shape index (κ2) is 13.4. The second-order valence-electron chi connectivity index (χ2n) is 10.3. The van der Waals surface area contributed by atoms with Crippen LogP contribution in [0.4, 0.5) is 5.69 Å². The number of amides is 2. The normalized spacial score (nSPS) is 14.3. The number of aryl methyl sites for hydroxylation is 1. The number of benzene rings is 3. The Morgan fingerprint density at radius 1 is 1.02 bits per heavy atom. The molecule has 1 aliphatic carbocycles. The van der Waals surface area contributed by atoms with Crippen LogP contribution in [0.2, 0.25) is 5.02 Å². The Labute approximate surface area is 247 Å². The molecule has 218 valence electrons. The van der Waals surface area contributed by atoms with Gasteiger partial charge in [-0.3, -0.25) is 13.9 Å². The fourth-order valence-corrected chi connectivity index (χ4v) is 6.68. The van der Waals surface area contributed by atoms with E-state index in [1.807, 2.05) is 31.2 Å². The molecular weight excluding hydrogens is 562 g/mol. The molecule has 3 aromatic rings. The summed E-state index contributed by atoms with van der Waals surface area (Å²) in [4.78, 5) is 28.9. The first-order chi connectivity index (χ1) is 19.6. The van der Waals surface area contributed by atoms with Crippen molar-refractivity contribution in [1.29, 1.82) is 0 Å². The van der Waals surface area contributed by atoms with E-state index in [-0.39, 0.29) is 34.1 Å². The third-order valence-corrected chi connectivity index (χ3v) is 9.59. The molecule has 0 heterocycles. The van der Waals surface area contributed by atoms with Gasteiger partial charge in [-0.25, -0.2) is 8.42 Å². The second-order valence-corrected chi connectivity index (χ2v) is 12.5. The van der Waals surface area contributed by atoms with Gasteiger partial charge in [-0.05, 0) is 68.1 Å². The topological polar surface area (TPSA) is 96.0 Å². The number of nitrogens with one attached hydrogen (secondary N) is 1. The number of hydrogen-bond acceptors (Lipinski definition) is 5. The van der Waals surface area contributed by atoms with Crippen molar-refractivity contribution in [3.8, 4) is 5.75 Å². The van der Waals surface area contributed by atoms with Gasteiger partial charge in [0, 0.05) is 12.6 Å². The first-order valence-corrected chi connectivity index (χ1v) is 15.5. The average molecular weight is 598 g/mol. The molecule has 4 rings (SSSR count). The predicted molar refractivity (Wildman–Crippen MR) is 161 cm³/mol. The Hall–Kier alpha value is -3.56. The van der Waals surface area contributed by atoms with Gasteiger partial charge in [0.1, 0.15) is 18.3 Å². The summed E-state index contributed by atoms with van der Waals surface area (Å²) in [5, 5.41) is 3.28. The molecule has 0 aromatic heterocycles. The lowest BCUT2D eigenvalue weighted by atomic mass is 10.1. The molecule has 0 radical (unpaired) electrons. The van der Waals surface area contributed by atoms with E-state index in [0.717, 1.165) is 41.1 Å². The van der Waals surface area contributed by atoms with Crippen LogP contribution in [0.15, 0.2) is 77.7 Å². The number of nitrogens with zero attached hydrogens (tertiary/aromatic N) is 2. The van der Waals surface area contributed by atoms with Gasteiger partial charge in [0.25, 0.3) is 10.0 Å². The summed E-state index contributed by atoms with van der Waals surface area (Å²) < 4.78 is 34.1. The van der Waals surface area contributed by atoms with Crippen LogP contribution in [0.1, 0.15) is 43.7 Å². The van der Waals surface area contributed by atoms with Crippen LogP contribution >= 0.6 is 11.6 Å². The van der Waals surface area contributed by atoms with Gasteiger partial charge in [-0.15, -0.1) is 0 Å². The highest BCUT2D eigenvalue weighted by Crippen LogP contribution is 2.32. The molecule has 0 aliphatic heterocycles. The summed E-state index contributed by atoms with van der Waals surface area (Å²) in [5.74, 6) is -0.408. The number of carbonyl (C=O) groups excluding carboxylic acids is 2. The Bertz CT molecular complexity index is 1480. The third kappa shape index (κ3) is 7.21. The number of anilines is 1. The molecule has 1 atom stereocenters. The highest BCUT2D eigenvalue weighted by Gasteiger charge is 2.33. The van der Waals surface area contributed by atoms with Gasteiger partial charge < -0.3 is 15.0 Å². The van der Waals surface area contributed by atoms with E-state index in [4.69, 9.17) is 16.3 Å². The molecule has 10 heteroatoms. The van der Waals surface area contributed by atoms with Crippen LogP contribution in [-0.2, 0) is 26.2 Å². The van der Waals surface area contributed by atoms with Gasteiger partial charge in [-0.1, -0.05) is 66.9 Å². The quantitative estimate of drug-likeness (QED) is 0.322. The monoisotopic (exact) mass is 597 g/mol. The summed E-state index contributed by atoms with van der Waals surface area (Å²) in [6.07, 6.45) is 3.93. The van der Waals surface area contributed by atoms with Crippen molar-refractivity contribution in [2.45, 2.75) is 63.1 Å². The number of rotatable bonds is 11. The number of methoxy groups -OCH3 is 1. The van der Waals surface area contributed by atoms with E-state index in [2.05, 4.69) is 5.32 Å². The molecule has 0 spiro atoms. The largest absolute Gasteiger partial charge is 0.495 e. The Morgan fingerprint density at radius 2 is 1.68 bits per heavy atom. The van der Waals surface area contributed by atoms with Crippen molar-refractivity contribution in [2.75, 3.05) is 18.0 Å². The number of sulfonamides is 1. The molecule has 0 saturated heterocycles. The number of ether oxygens (including phenoxy) is 1. The van der Waals surface area contributed by atoms with E-state index >= 15 is 0 Å². The first-order valence-electron chi connectivity index (χ1n) is 13.7. The molecule has 1 fully saturated rings. The van der Waals surface area contributed by atoms with Crippen LogP contribution in [0.3, 0.4) is 0 Å². The van der Waals surface area contributed by atoms with Crippen molar-refractivity contribution in [3.63, 3.8) is 0 Å². The smallest absolute Gasteiger partial charge is 0.264 e. The zero-order valence-electron chi connectivity index (χ0n) is 23.5. The van der Waals surface area contributed by atoms with E-state index in [9.17, 15) is 18.0 Å². The molecule has 1 saturated carbocycles. The zero-order valence-corrected chi connectivity index (χ0v) is 25.1. The van der Waals surface area contributed by atoms with Crippen LogP contribution in [-0.4, -0.2) is 50.9 Å². The summed E-state index contributed by atoms with van der Waals surface area (Å²) in [5.41, 5.74) is 2.03. The summed E-state index contributed by atoms with van der Waals surface area (Å²) in [7, 11) is -2.72. The third-order valence-electron chi connectivity index (χ3n) is 7.50. The standard InChI is InChI=1S/C31H36ClN3O5S/c1-22-11-7-8-12-24(22)20-34(23(2)31(37)33-25-13-9-10-14-25)30(36)21-35(26-17-18-29(40-3)28(32)19-26)41(38,39)27-15-5-4-6-16-27/h4-8,11-12,15-19,23,25H,9-10,13-14,20-21H2,1-3H3,(H,33,37)/t23-/m1/s1. The molecule has 2 amide bonds. The van der Waals surface area contributed by atoms with Gasteiger partial charge in [0.05, 0.1) is 22.7 Å². The van der Waals surface area contributed by atoms with Gasteiger partial charge >= 0.3 is 0 Å². The molecule has 1 aliphatic rings. The average Bonchev–Trinajstić information content (AvgIpc) is 3.48. The molecule has 1 N–H and O–H groups in total. The summed E-state index contributed by atoms with van der Waals surface area (Å²) in [6.45, 7) is 3.23. The summed E-state index contributed by atoms with van der Waals surface area (Å²) in [6, 6.07) is 19.3. The van der Waals surface area contributed by atoms with Gasteiger partial charge in [-0.2, -0.15) is 0 Å². The van der Waals surface area contributed by atoms with Gasteiger partial charge in [0.2, 0.25) is 11.8 Å². The molecule has 0 unspecified atom stereocenters. The van der Waals surface area contributed by atoms with E-state index < -0.39 is 28.5 Å². The molecular formula is C31H36ClN3O5S. The maximum Gasteiger partial charge on any atom is 0.264 e. The lowest BCUT2D eigenvalue weighted by Crippen LogP contribution is -2.52. The lowest BCUT2D eigenvalue weighted by molar-refractivity contribution is -0.139. The highest BCUT2D eigenvalue weighted by atomic mass is 35.5. The first kappa shape index (κ1) is 30.4. The lowest BCUT2D eigenvalue weighted by Gasteiger charge is -2.33. The van der Waals surface area contributed by atoms with E-state index in [1.54, 1.807) is 37.3 Å².